The molecule has 0 radical (unpaired) electrons. The fraction of sp³-hybridized carbons (Fsp3) is 0.111. The summed E-state index contributed by atoms with van der Waals surface area (Å²) in [7, 11) is 0. The number of nitrogens with zero attached hydrogens (tertiary/aromatic N) is 2. The highest BCUT2D eigenvalue weighted by atomic mass is 15.2. The summed E-state index contributed by atoms with van der Waals surface area (Å²) in [6.45, 7) is 10.3. The molecule has 0 bridgehead atoms. The van der Waals surface area contributed by atoms with E-state index in [4.69, 9.17) is 0 Å². The maximum Gasteiger partial charge on any atom is 0.0463 e. The molecule has 5 aromatic rings. The fourth-order valence-electron chi connectivity index (χ4n) is 4.67. The lowest BCUT2D eigenvalue weighted by Crippen LogP contribution is -2.12. The zero-order valence-corrected chi connectivity index (χ0v) is 22.4. The smallest absolute Gasteiger partial charge is 0.0463 e. The van der Waals surface area contributed by atoms with Crippen molar-refractivity contribution in [3.05, 3.63) is 150 Å². The molecule has 5 rings (SSSR count). The van der Waals surface area contributed by atoms with Crippen LogP contribution in [0.5, 0.6) is 0 Å². The number of aryl methyl sites for hydroxylation is 3. The first-order valence-electron chi connectivity index (χ1n) is 13.2. The van der Waals surface area contributed by atoms with Crippen molar-refractivity contribution in [1.29, 1.82) is 0 Å². The van der Waals surface area contributed by atoms with Gasteiger partial charge in [0.2, 0.25) is 0 Å². The van der Waals surface area contributed by atoms with E-state index in [-0.39, 0.29) is 0 Å². The lowest BCUT2D eigenvalue weighted by Gasteiger charge is -2.28. The molecule has 0 fully saturated rings. The van der Waals surface area contributed by atoms with Crippen LogP contribution in [0.15, 0.2) is 128 Å². The summed E-state index contributed by atoms with van der Waals surface area (Å²) in [5.41, 5.74) is 11.7. The van der Waals surface area contributed by atoms with Gasteiger partial charge in [0, 0.05) is 34.1 Å². The standard InChI is InChI=1S/C36H34N2/c1-5-29-11-19-33(20-12-29)37(31-15-7-27(3)8-16-31)35-23-25-36(26-24-35)38(32-17-9-28(4)10-18-32)34-21-13-30(6-2)14-22-34/h5,7-26H,1,6H2,2-4H3. The van der Waals surface area contributed by atoms with Gasteiger partial charge in [-0.05, 0) is 104 Å². The van der Waals surface area contributed by atoms with Gasteiger partial charge in [0.05, 0.1) is 0 Å². The fourth-order valence-corrected chi connectivity index (χ4v) is 4.67. The Kier molecular flexibility index (Phi) is 7.42. The van der Waals surface area contributed by atoms with Crippen LogP contribution < -0.4 is 9.80 Å². The molecule has 2 nitrogen and oxygen atoms in total. The van der Waals surface area contributed by atoms with Crippen molar-refractivity contribution < 1.29 is 0 Å². The highest BCUT2D eigenvalue weighted by molar-refractivity contribution is 5.81. The topological polar surface area (TPSA) is 6.48 Å². The summed E-state index contributed by atoms with van der Waals surface area (Å²) in [4.78, 5) is 4.61. The molecule has 0 aliphatic heterocycles. The molecule has 0 aromatic heterocycles. The number of anilines is 6. The van der Waals surface area contributed by atoms with Gasteiger partial charge < -0.3 is 9.80 Å². The summed E-state index contributed by atoms with van der Waals surface area (Å²) < 4.78 is 0. The van der Waals surface area contributed by atoms with Gasteiger partial charge >= 0.3 is 0 Å². The van der Waals surface area contributed by atoms with E-state index in [9.17, 15) is 0 Å². The van der Waals surface area contributed by atoms with Gasteiger partial charge in [-0.1, -0.05) is 79.2 Å². The first-order chi connectivity index (χ1) is 18.6. The largest absolute Gasteiger partial charge is 0.311 e. The third-order valence-corrected chi connectivity index (χ3v) is 6.94. The van der Waals surface area contributed by atoms with Crippen LogP contribution >= 0.6 is 0 Å². The third-order valence-electron chi connectivity index (χ3n) is 6.94. The molecule has 0 spiro atoms. The molecule has 0 saturated heterocycles. The molecule has 188 valence electrons. The zero-order valence-electron chi connectivity index (χ0n) is 22.4. The molecule has 0 amide bonds. The first kappa shape index (κ1) is 25.1. The molecule has 0 aliphatic carbocycles. The Bertz CT molecular complexity index is 1480. The molecule has 0 unspecified atom stereocenters. The molecule has 2 heteroatoms. The highest BCUT2D eigenvalue weighted by Gasteiger charge is 2.16. The van der Waals surface area contributed by atoms with Crippen molar-refractivity contribution in [2.75, 3.05) is 9.80 Å². The number of benzene rings is 5. The van der Waals surface area contributed by atoms with Crippen molar-refractivity contribution in [2.45, 2.75) is 27.2 Å². The van der Waals surface area contributed by atoms with Gasteiger partial charge in [-0.2, -0.15) is 0 Å². The molecule has 0 heterocycles. The monoisotopic (exact) mass is 494 g/mol. The van der Waals surface area contributed by atoms with Crippen molar-refractivity contribution in [2.24, 2.45) is 0 Å². The van der Waals surface area contributed by atoms with Crippen molar-refractivity contribution in [3.8, 4) is 0 Å². The Morgan fingerprint density at radius 1 is 0.474 bits per heavy atom. The minimum absolute atomic E-state index is 1.03. The van der Waals surface area contributed by atoms with Gasteiger partial charge in [-0.15, -0.1) is 0 Å². The Morgan fingerprint density at radius 2 is 0.763 bits per heavy atom. The van der Waals surface area contributed by atoms with Crippen LogP contribution in [0.3, 0.4) is 0 Å². The van der Waals surface area contributed by atoms with E-state index in [0.717, 1.165) is 46.1 Å². The van der Waals surface area contributed by atoms with E-state index in [1.807, 2.05) is 6.08 Å². The van der Waals surface area contributed by atoms with E-state index in [0.29, 0.717) is 0 Å². The SMILES string of the molecule is C=Cc1ccc(N(c2ccc(C)cc2)c2ccc(N(c3ccc(C)cc3)c3ccc(CC)cc3)cc2)cc1. The van der Waals surface area contributed by atoms with Crippen LogP contribution in [0.25, 0.3) is 6.08 Å². The molecule has 38 heavy (non-hydrogen) atoms. The Hall–Kier alpha value is -4.56. The van der Waals surface area contributed by atoms with Crippen molar-refractivity contribution in [3.63, 3.8) is 0 Å². The first-order valence-corrected chi connectivity index (χ1v) is 13.2. The molecular formula is C36H34N2. The quantitative estimate of drug-likeness (QED) is 0.212. The second-order valence-corrected chi connectivity index (χ2v) is 9.67. The van der Waals surface area contributed by atoms with E-state index >= 15 is 0 Å². The number of hydrogen-bond donors (Lipinski definition) is 0. The number of hydrogen-bond acceptors (Lipinski definition) is 2. The van der Waals surface area contributed by atoms with E-state index < -0.39 is 0 Å². The van der Waals surface area contributed by atoms with Gasteiger partial charge in [0.25, 0.3) is 0 Å². The van der Waals surface area contributed by atoms with Crippen molar-refractivity contribution in [1.82, 2.24) is 0 Å². The molecule has 0 N–H and O–H groups in total. The summed E-state index contributed by atoms with van der Waals surface area (Å²) in [6.07, 6.45) is 2.91. The molecule has 0 aliphatic rings. The van der Waals surface area contributed by atoms with Crippen LogP contribution in [0, 0.1) is 13.8 Å². The van der Waals surface area contributed by atoms with E-state index in [1.165, 1.54) is 16.7 Å². The average Bonchev–Trinajstić information content (AvgIpc) is 2.97. The van der Waals surface area contributed by atoms with Crippen LogP contribution in [-0.2, 0) is 6.42 Å². The minimum atomic E-state index is 1.03. The molecule has 5 aromatic carbocycles. The summed E-state index contributed by atoms with van der Waals surface area (Å²) in [5, 5.41) is 0. The Morgan fingerprint density at radius 3 is 1.08 bits per heavy atom. The summed E-state index contributed by atoms with van der Waals surface area (Å²) in [5.74, 6) is 0. The molecular weight excluding hydrogens is 460 g/mol. The van der Waals surface area contributed by atoms with Gasteiger partial charge in [-0.3, -0.25) is 0 Å². The minimum Gasteiger partial charge on any atom is -0.311 e. The lowest BCUT2D eigenvalue weighted by atomic mass is 10.1. The summed E-state index contributed by atoms with van der Waals surface area (Å²) >= 11 is 0. The van der Waals surface area contributed by atoms with E-state index in [2.05, 4.69) is 158 Å². The average molecular weight is 495 g/mol. The van der Waals surface area contributed by atoms with Crippen LogP contribution in [0.2, 0.25) is 0 Å². The second kappa shape index (κ2) is 11.2. The highest BCUT2D eigenvalue weighted by Crippen LogP contribution is 2.39. The van der Waals surface area contributed by atoms with E-state index in [1.54, 1.807) is 0 Å². The van der Waals surface area contributed by atoms with Crippen molar-refractivity contribution >= 4 is 40.2 Å². The van der Waals surface area contributed by atoms with Gasteiger partial charge in [-0.25, -0.2) is 0 Å². The van der Waals surface area contributed by atoms with Gasteiger partial charge in [0.1, 0.15) is 0 Å². The van der Waals surface area contributed by atoms with Crippen LogP contribution in [-0.4, -0.2) is 0 Å². The van der Waals surface area contributed by atoms with Crippen LogP contribution in [0.1, 0.15) is 29.2 Å². The summed E-state index contributed by atoms with van der Waals surface area (Å²) in [6, 6.07) is 43.6. The zero-order chi connectivity index (χ0) is 26.5. The molecule has 0 atom stereocenters. The third kappa shape index (κ3) is 5.40. The van der Waals surface area contributed by atoms with Gasteiger partial charge in [0.15, 0.2) is 0 Å². The molecule has 0 saturated carbocycles. The Labute approximate surface area is 227 Å². The normalized spacial score (nSPS) is 10.7. The maximum absolute atomic E-state index is 3.90. The number of rotatable bonds is 8. The maximum atomic E-state index is 3.90. The lowest BCUT2D eigenvalue weighted by molar-refractivity contribution is 1.14. The van der Waals surface area contributed by atoms with Crippen LogP contribution in [0.4, 0.5) is 34.1 Å². The predicted octanol–water partition coefficient (Wildman–Crippen LogP) is 10.4. The predicted molar refractivity (Wildman–Crippen MR) is 165 cm³/mol. The Balaban J connectivity index is 1.57. The second-order valence-electron chi connectivity index (χ2n) is 9.67.